The molecule has 2 nitrogen and oxygen atoms in total. The second-order valence-corrected chi connectivity index (χ2v) is 5.55. The molecule has 1 N–H and O–H groups in total. The quantitative estimate of drug-likeness (QED) is 0.298. The van der Waals surface area contributed by atoms with Gasteiger partial charge in [0.05, 0.1) is 12.7 Å². The van der Waals surface area contributed by atoms with Gasteiger partial charge < -0.3 is 9.84 Å². The Morgan fingerprint density at radius 2 is 1.21 bits per heavy atom. The standard InChI is InChI=1S/C22H36O2/c1-3-5-6-7-8-9-10-11-12-13-14-15-16-17-18-19-20-22(21-23)24-4-2/h5-6,8-9,11-12,14-15,18-19,22-23H,3-4,7,10,13,16-17,20-21H2,1-2H3/b6-5-,9-8-,12-11-,15-14-,19-18+. The summed E-state index contributed by atoms with van der Waals surface area (Å²) in [6.45, 7) is 4.85. The Bertz CT molecular complexity index is 389. The highest BCUT2D eigenvalue weighted by Gasteiger charge is 2.02. The van der Waals surface area contributed by atoms with Gasteiger partial charge in [-0.3, -0.25) is 0 Å². The molecule has 0 radical (unpaired) electrons. The molecule has 0 aliphatic carbocycles. The molecule has 1 unspecified atom stereocenters. The highest BCUT2D eigenvalue weighted by Crippen LogP contribution is 2.02. The fraction of sp³-hybridized carbons (Fsp3) is 0.545. The molecule has 0 heterocycles. The molecule has 0 saturated heterocycles. The predicted molar refractivity (Wildman–Crippen MR) is 106 cm³/mol. The maximum Gasteiger partial charge on any atom is 0.0839 e. The summed E-state index contributed by atoms with van der Waals surface area (Å²) >= 11 is 0. The van der Waals surface area contributed by atoms with Gasteiger partial charge in [0.15, 0.2) is 0 Å². The zero-order chi connectivity index (χ0) is 17.7. The SMILES string of the molecule is CC/C=C\C/C=C\C/C=C\C/C=C\CC/C=C/CC(CO)OCC. The third kappa shape index (κ3) is 17.0. The van der Waals surface area contributed by atoms with Gasteiger partial charge in [-0.25, -0.2) is 0 Å². The molecule has 0 aromatic carbocycles. The van der Waals surface area contributed by atoms with Gasteiger partial charge in [0.2, 0.25) is 0 Å². The summed E-state index contributed by atoms with van der Waals surface area (Å²) in [7, 11) is 0. The molecule has 0 rings (SSSR count). The highest BCUT2D eigenvalue weighted by atomic mass is 16.5. The molecule has 0 amide bonds. The number of unbranched alkanes of at least 4 members (excludes halogenated alkanes) is 1. The van der Waals surface area contributed by atoms with Crippen LogP contribution in [0.15, 0.2) is 60.8 Å². The Morgan fingerprint density at radius 3 is 1.71 bits per heavy atom. The number of aliphatic hydroxyl groups is 1. The van der Waals surface area contributed by atoms with Crippen LogP contribution in [0, 0.1) is 0 Å². The first-order chi connectivity index (χ1) is 11.8. The van der Waals surface area contributed by atoms with Gasteiger partial charge in [-0.1, -0.05) is 67.7 Å². The zero-order valence-corrected chi connectivity index (χ0v) is 15.6. The maximum atomic E-state index is 9.10. The molecule has 24 heavy (non-hydrogen) atoms. The minimum atomic E-state index is -0.0522. The van der Waals surface area contributed by atoms with E-state index in [4.69, 9.17) is 9.84 Å². The number of aliphatic hydroxyl groups excluding tert-OH is 1. The lowest BCUT2D eigenvalue weighted by atomic mass is 10.2. The van der Waals surface area contributed by atoms with Crippen LogP contribution in [0.5, 0.6) is 0 Å². The summed E-state index contributed by atoms with van der Waals surface area (Å²) in [6, 6.07) is 0. The van der Waals surface area contributed by atoms with Crippen molar-refractivity contribution in [1.82, 2.24) is 0 Å². The van der Waals surface area contributed by atoms with Crippen LogP contribution in [-0.4, -0.2) is 24.4 Å². The molecule has 0 aliphatic heterocycles. The average molecular weight is 333 g/mol. The molecular weight excluding hydrogens is 296 g/mol. The van der Waals surface area contributed by atoms with Crippen molar-refractivity contribution in [2.75, 3.05) is 13.2 Å². The van der Waals surface area contributed by atoms with Crippen LogP contribution in [0.1, 0.15) is 58.8 Å². The summed E-state index contributed by atoms with van der Waals surface area (Å²) in [6.07, 6.45) is 29.0. The Balaban J connectivity index is 3.55. The summed E-state index contributed by atoms with van der Waals surface area (Å²) in [5.74, 6) is 0. The third-order valence-corrected chi connectivity index (χ3v) is 3.39. The second-order valence-electron chi connectivity index (χ2n) is 5.55. The van der Waals surface area contributed by atoms with Crippen LogP contribution in [0.2, 0.25) is 0 Å². The first kappa shape index (κ1) is 22.6. The molecule has 0 spiro atoms. The summed E-state index contributed by atoms with van der Waals surface area (Å²) < 4.78 is 5.38. The summed E-state index contributed by atoms with van der Waals surface area (Å²) in [5.41, 5.74) is 0. The van der Waals surface area contributed by atoms with Crippen LogP contribution >= 0.6 is 0 Å². The van der Waals surface area contributed by atoms with Gasteiger partial charge in [-0.15, -0.1) is 0 Å². The lowest BCUT2D eigenvalue weighted by Crippen LogP contribution is -2.16. The Morgan fingerprint density at radius 1 is 0.708 bits per heavy atom. The molecule has 0 fully saturated rings. The second kappa shape index (κ2) is 19.7. The van der Waals surface area contributed by atoms with Gasteiger partial charge in [0, 0.05) is 6.61 Å². The van der Waals surface area contributed by atoms with E-state index in [0.29, 0.717) is 6.61 Å². The van der Waals surface area contributed by atoms with Crippen molar-refractivity contribution in [1.29, 1.82) is 0 Å². The minimum absolute atomic E-state index is 0.0522. The van der Waals surface area contributed by atoms with E-state index >= 15 is 0 Å². The van der Waals surface area contributed by atoms with Crippen LogP contribution < -0.4 is 0 Å². The van der Waals surface area contributed by atoms with Crippen molar-refractivity contribution >= 4 is 0 Å². The van der Waals surface area contributed by atoms with E-state index in [0.717, 1.165) is 44.9 Å². The molecule has 0 saturated carbocycles. The van der Waals surface area contributed by atoms with E-state index in [1.807, 2.05) is 6.92 Å². The lowest BCUT2D eigenvalue weighted by Gasteiger charge is -2.10. The molecule has 136 valence electrons. The lowest BCUT2D eigenvalue weighted by molar-refractivity contribution is 0.0223. The smallest absolute Gasteiger partial charge is 0.0839 e. The van der Waals surface area contributed by atoms with Crippen LogP contribution in [0.4, 0.5) is 0 Å². The first-order valence-electron chi connectivity index (χ1n) is 9.32. The zero-order valence-electron chi connectivity index (χ0n) is 15.6. The van der Waals surface area contributed by atoms with Crippen LogP contribution in [0.25, 0.3) is 0 Å². The first-order valence-corrected chi connectivity index (χ1v) is 9.32. The maximum absolute atomic E-state index is 9.10. The molecule has 1 atom stereocenters. The Hall–Kier alpha value is -1.38. The number of hydrogen-bond donors (Lipinski definition) is 1. The Labute approximate surface area is 149 Å². The van der Waals surface area contributed by atoms with E-state index in [1.165, 1.54) is 0 Å². The van der Waals surface area contributed by atoms with Crippen molar-refractivity contribution in [2.45, 2.75) is 64.9 Å². The van der Waals surface area contributed by atoms with E-state index < -0.39 is 0 Å². The number of ether oxygens (including phenoxy) is 1. The molecular formula is C22H36O2. The highest BCUT2D eigenvalue weighted by molar-refractivity contribution is 4.99. The van der Waals surface area contributed by atoms with Crippen molar-refractivity contribution in [3.63, 3.8) is 0 Å². The average Bonchev–Trinajstić information content (AvgIpc) is 2.60. The molecule has 2 heteroatoms. The van der Waals surface area contributed by atoms with Gasteiger partial charge in [0.25, 0.3) is 0 Å². The normalized spacial score (nSPS) is 14.3. The fourth-order valence-corrected chi connectivity index (χ4v) is 2.09. The van der Waals surface area contributed by atoms with Gasteiger partial charge in [-0.2, -0.15) is 0 Å². The van der Waals surface area contributed by atoms with E-state index in [9.17, 15) is 0 Å². The van der Waals surface area contributed by atoms with Crippen LogP contribution in [-0.2, 0) is 4.74 Å². The van der Waals surface area contributed by atoms with Gasteiger partial charge >= 0.3 is 0 Å². The molecule has 0 aromatic rings. The number of allylic oxidation sites excluding steroid dienone is 9. The van der Waals surface area contributed by atoms with E-state index in [2.05, 4.69) is 67.7 Å². The topological polar surface area (TPSA) is 29.5 Å². The van der Waals surface area contributed by atoms with Crippen molar-refractivity contribution in [3.05, 3.63) is 60.8 Å². The van der Waals surface area contributed by atoms with Crippen molar-refractivity contribution < 1.29 is 9.84 Å². The number of hydrogen-bond acceptors (Lipinski definition) is 2. The van der Waals surface area contributed by atoms with Crippen molar-refractivity contribution in [3.8, 4) is 0 Å². The van der Waals surface area contributed by atoms with E-state index in [1.54, 1.807) is 0 Å². The largest absolute Gasteiger partial charge is 0.394 e. The minimum Gasteiger partial charge on any atom is -0.394 e. The summed E-state index contributed by atoms with van der Waals surface area (Å²) in [5, 5.41) is 9.10. The molecule has 0 bridgehead atoms. The third-order valence-electron chi connectivity index (χ3n) is 3.39. The molecule has 0 aromatic heterocycles. The molecule has 0 aliphatic rings. The van der Waals surface area contributed by atoms with E-state index in [-0.39, 0.29) is 12.7 Å². The fourth-order valence-electron chi connectivity index (χ4n) is 2.09. The van der Waals surface area contributed by atoms with Crippen LogP contribution in [0.3, 0.4) is 0 Å². The Kier molecular flexibility index (Phi) is 18.5. The summed E-state index contributed by atoms with van der Waals surface area (Å²) in [4.78, 5) is 0. The number of rotatable bonds is 15. The van der Waals surface area contributed by atoms with Gasteiger partial charge in [0.1, 0.15) is 0 Å². The predicted octanol–water partition coefficient (Wildman–Crippen LogP) is 5.92. The van der Waals surface area contributed by atoms with Crippen molar-refractivity contribution in [2.24, 2.45) is 0 Å². The monoisotopic (exact) mass is 332 g/mol. The van der Waals surface area contributed by atoms with Gasteiger partial charge in [-0.05, 0) is 51.9 Å².